The molecule has 0 saturated carbocycles. The molecule has 0 bridgehead atoms. The number of hydrogen-bond donors (Lipinski definition) is 1. The predicted molar refractivity (Wildman–Crippen MR) is 74.3 cm³/mol. The Labute approximate surface area is 108 Å². The Morgan fingerprint density at radius 1 is 1.44 bits per heavy atom. The summed E-state index contributed by atoms with van der Waals surface area (Å²) in [6, 6.07) is 5.16. The van der Waals surface area contributed by atoms with E-state index in [0.29, 0.717) is 0 Å². The van der Waals surface area contributed by atoms with E-state index in [1.807, 2.05) is 20.2 Å². The van der Waals surface area contributed by atoms with E-state index in [1.165, 1.54) is 5.69 Å². The van der Waals surface area contributed by atoms with Gasteiger partial charge in [0.15, 0.2) is 0 Å². The lowest BCUT2D eigenvalue weighted by atomic mass is 10.1. The van der Waals surface area contributed by atoms with Crippen molar-refractivity contribution < 1.29 is 4.92 Å². The molecule has 5 nitrogen and oxygen atoms in total. The third kappa shape index (κ3) is 3.43. The summed E-state index contributed by atoms with van der Waals surface area (Å²) in [6.45, 7) is 4.17. The number of rotatable bonds is 3. The summed E-state index contributed by atoms with van der Waals surface area (Å²) in [5.74, 6) is 0. The molecule has 100 valence electrons. The zero-order chi connectivity index (χ0) is 13.5. The van der Waals surface area contributed by atoms with Gasteiger partial charge in [0.2, 0.25) is 0 Å². The molecule has 0 aromatic heterocycles. The van der Waals surface area contributed by atoms with E-state index in [4.69, 9.17) is 0 Å². The summed E-state index contributed by atoms with van der Waals surface area (Å²) in [5.41, 5.74) is 2.48. The van der Waals surface area contributed by atoms with Crippen molar-refractivity contribution in [1.29, 1.82) is 0 Å². The van der Waals surface area contributed by atoms with Crippen LogP contribution < -0.4 is 10.2 Å². The fourth-order valence-corrected chi connectivity index (χ4v) is 2.07. The topological polar surface area (TPSA) is 58.4 Å². The molecule has 18 heavy (non-hydrogen) atoms. The number of anilines is 1. The third-order valence-corrected chi connectivity index (χ3v) is 2.76. The van der Waals surface area contributed by atoms with Crippen LogP contribution in [0.3, 0.4) is 0 Å². The molecule has 1 aliphatic heterocycles. The molecule has 1 aromatic carbocycles. The highest BCUT2D eigenvalue weighted by molar-refractivity contribution is 5.61. The highest BCUT2D eigenvalue weighted by Gasteiger charge is 2.20. The van der Waals surface area contributed by atoms with Gasteiger partial charge in [0.25, 0.3) is 5.69 Å². The minimum absolute atomic E-state index is 0.201. The zero-order valence-electron chi connectivity index (χ0n) is 11.3. The molecule has 0 unspecified atom stereocenters. The maximum atomic E-state index is 10.6. The summed E-state index contributed by atoms with van der Waals surface area (Å²) >= 11 is 0. The number of fused-ring (bicyclic) bond motifs is 1. The Balaban J connectivity index is 0.000000492. The number of hydrogen-bond acceptors (Lipinski definition) is 4. The minimum Gasteiger partial charge on any atom is -0.371 e. The third-order valence-electron chi connectivity index (χ3n) is 2.76. The molecule has 1 N–H and O–H groups in total. The van der Waals surface area contributed by atoms with Crippen LogP contribution in [0.25, 0.3) is 0 Å². The second-order valence-electron chi connectivity index (χ2n) is 4.31. The van der Waals surface area contributed by atoms with Gasteiger partial charge in [-0.3, -0.25) is 10.1 Å². The average Bonchev–Trinajstić information content (AvgIpc) is 2.73. The van der Waals surface area contributed by atoms with Crippen molar-refractivity contribution in [3.8, 4) is 0 Å². The largest absolute Gasteiger partial charge is 0.371 e. The number of nitro benzene ring substituents is 1. The van der Waals surface area contributed by atoms with Gasteiger partial charge in [0.1, 0.15) is 0 Å². The van der Waals surface area contributed by atoms with E-state index in [9.17, 15) is 10.1 Å². The maximum absolute atomic E-state index is 10.6. The van der Waals surface area contributed by atoms with Gasteiger partial charge < -0.3 is 10.2 Å². The van der Waals surface area contributed by atoms with Gasteiger partial charge in [0.05, 0.1) is 4.92 Å². The van der Waals surface area contributed by atoms with Gasteiger partial charge >= 0.3 is 0 Å². The average molecular weight is 251 g/mol. The van der Waals surface area contributed by atoms with Crippen LogP contribution in [0, 0.1) is 10.1 Å². The Kier molecular flexibility index (Phi) is 5.58. The zero-order valence-corrected chi connectivity index (χ0v) is 11.3. The summed E-state index contributed by atoms with van der Waals surface area (Å²) in [4.78, 5) is 12.6. The van der Waals surface area contributed by atoms with Crippen LogP contribution in [0.5, 0.6) is 0 Å². The van der Waals surface area contributed by atoms with Gasteiger partial charge in [-0.25, -0.2) is 0 Å². The van der Waals surface area contributed by atoms with Gasteiger partial charge in [0, 0.05) is 30.9 Å². The highest BCUT2D eigenvalue weighted by Crippen LogP contribution is 2.30. The van der Waals surface area contributed by atoms with Crippen molar-refractivity contribution in [2.24, 2.45) is 0 Å². The molecule has 5 heteroatoms. The maximum Gasteiger partial charge on any atom is 0.269 e. The lowest BCUT2D eigenvalue weighted by Gasteiger charge is -2.17. The molecular formula is C13H21N3O2. The molecule has 0 amide bonds. The number of non-ortho nitro benzene ring substituents is 1. The number of nitro groups is 1. The Morgan fingerprint density at radius 3 is 2.67 bits per heavy atom. The first-order valence-corrected chi connectivity index (χ1v) is 6.24. The summed E-state index contributed by atoms with van der Waals surface area (Å²) in [5, 5.41) is 13.3. The highest BCUT2D eigenvalue weighted by atomic mass is 16.6. The molecule has 0 fully saturated rings. The van der Waals surface area contributed by atoms with Crippen LogP contribution in [0.1, 0.15) is 18.9 Å². The van der Waals surface area contributed by atoms with Crippen molar-refractivity contribution in [2.75, 3.05) is 32.1 Å². The van der Waals surface area contributed by atoms with E-state index in [1.54, 1.807) is 12.1 Å². The quantitative estimate of drug-likeness (QED) is 0.661. The minimum atomic E-state index is -0.331. The SMILES string of the molecule is CCCN1CCc2cc([N+](=O)[O-])ccc21.CNC. The molecular weight excluding hydrogens is 230 g/mol. The standard InChI is InChI=1S/C11H14N2O2.C2H7N/c1-2-6-12-7-5-9-8-10(13(14)15)3-4-11(9)12;1-3-2/h3-4,8H,2,5-7H2,1H3;3H,1-2H3. The molecule has 1 aromatic rings. The van der Waals surface area contributed by atoms with Gasteiger partial charge in [-0.1, -0.05) is 6.92 Å². The van der Waals surface area contributed by atoms with E-state index in [2.05, 4.69) is 17.1 Å². The monoisotopic (exact) mass is 251 g/mol. The van der Waals surface area contributed by atoms with E-state index >= 15 is 0 Å². The van der Waals surface area contributed by atoms with Crippen molar-refractivity contribution in [1.82, 2.24) is 5.32 Å². The molecule has 0 atom stereocenters. The van der Waals surface area contributed by atoms with Gasteiger partial charge in [-0.2, -0.15) is 0 Å². The summed E-state index contributed by atoms with van der Waals surface area (Å²) in [6.07, 6.45) is 2.04. The van der Waals surface area contributed by atoms with Gasteiger partial charge in [-0.05, 0) is 38.6 Å². The molecule has 0 radical (unpaired) electrons. The normalized spacial score (nSPS) is 12.7. The fraction of sp³-hybridized carbons (Fsp3) is 0.538. The molecule has 0 spiro atoms. The van der Waals surface area contributed by atoms with E-state index < -0.39 is 0 Å². The smallest absolute Gasteiger partial charge is 0.269 e. The fourth-order valence-electron chi connectivity index (χ4n) is 2.07. The molecule has 1 heterocycles. The van der Waals surface area contributed by atoms with Crippen molar-refractivity contribution in [2.45, 2.75) is 19.8 Å². The molecule has 2 rings (SSSR count). The van der Waals surface area contributed by atoms with Crippen LogP contribution in [-0.2, 0) is 6.42 Å². The number of benzene rings is 1. The first-order valence-electron chi connectivity index (χ1n) is 6.24. The van der Waals surface area contributed by atoms with Crippen LogP contribution in [0.4, 0.5) is 11.4 Å². The van der Waals surface area contributed by atoms with E-state index in [0.717, 1.165) is 31.5 Å². The molecule has 0 aliphatic carbocycles. The van der Waals surface area contributed by atoms with E-state index in [-0.39, 0.29) is 10.6 Å². The Morgan fingerprint density at radius 2 is 2.11 bits per heavy atom. The number of nitrogens with one attached hydrogen (secondary N) is 1. The van der Waals surface area contributed by atoms with Crippen LogP contribution in [0.2, 0.25) is 0 Å². The summed E-state index contributed by atoms with van der Waals surface area (Å²) in [7, 11) is 3.75. The lowest BCUT2D eigenvalue weighted by Crippen LogP contribution is -2.20. The molecule has 1 aliphatic rings. The second-order valence-corrected chi connectivity index (χ2v) is 4.31. The van der Waals surface area contributed by atoms with Gasteiger partial charge in [-0.15, -0.1) is 0 Å². The van der Waals surface area contributed by atoms with Crippen molar-refractivity contribution >= 4 is 11.4 Å². The molecule has 0 saturated heterocycles. The van der Waals surface area contributed by atoms with Crippen molar-refractivity contribution in [3.05, 3.63) is 33.9 Å². The number of nitrogens with zero attached hydrogens (tertiary/aromatic N) is 2. The van der Waals surface area contributed by atoms with Crippen LogP contribution >= 0.6 is 0 Å². The first kappa shape index (κ1) is 14.4. The first-order chi connectivity index (χ1) is 8.63. The Hall–Kier alpha value is -1.62. The Bertz CT molecular complexity index is 407. The predicted octanol–water partition coefficient (Wildman–Crippen LogP) is 2.20. The van der Waals surface area contributed by atoms with Crippen LogP contribution in [0.15, 0.2) is 18.2 Å². The van der Waals surface area contributed by atoms with Crippen molar-refractivity contribution in [3.63, 3.8) is 0 Å². The van der Waals surface area contributed by atoms with Crippen LogP contribution in [-0.4, -0.2) is 32.1 Å². The summed E-state index contributed by atoms with van der Waals surface area (Å²) < 4.78 is 0. The second kappa shape index (κ2) is 6.96. The lowest BCUT2D eigenvalue weighted by molar-refractivity contribution is -0.384.